The van der Waals surface area contributed by atoms with Gasteiger partial charge >= 0.3 is 5.69 Å². The van der Waals surface area contributed by atoms with Crippen molar-refractivity contribution in [3.63, 3.8) is 0 Å². The Bertz CT molecular complexity index is 630. The van der Waals surface area contributed by atoms with Gasteiger partial charge < -0.3 is 9.84 Å². The Morgan fingerprint density at radius 3 is 2.65 bits per heavy atom. The number of hydrogen-bond acceptors (Lipinski definition) is 7. The van der Waals surface area contributed by atoms with Crippen molar-refractivity contribution < 1.29 is 9.45 Å². The van der Waals surface area contributed by atoms with E-state index in [0.29, 0.717) is 23.2 Å². The summed E-state index contributed by atoms with van der Waals surface area (Å²) in [6.45, 7) is 7.33. The molecule has 0 unspecified atom stereocenters. The molecule has 0 amide bonds. The lowest BCUT2D eigenvalue weighted by molar-refractivity contribution is -0.384. The van der Waals surface area contributed by atoms with E-state index in [4.69, 9.17) is 4.52 Å². The van der Waals surface area contributed by atoms with Crippen molar-refractivity contribution in [2.45, 2.75) is 40.3 Å². The van der Waals surface area contributed by atoms with Gasteiger partial charge in [-0.15, -0.1) is 0 Å². The molecule has 2 heterocycles. The number of rotatable bonds is 5. The minimum atomic E-state index is -0.439. The third-order valence-electron chi connectivity index (χ3n) is 2.71. The molecule has 0 aliphatic heterocycles. The molecule has 9 nitrogen and oxygen atoms in total. The molecule has 20 heavy (non-hydrogen) atoms. The van der Waals surface area contributed by atoms with Crippen molar-refractivity contribution in [2.24, 2.45) is 0 Å². The second-order valence-electron chi connectivity index (χ2n) is 4.66. The first-order valence-corrected chi connectivity index (χ1v) is 6.16. The maximum atomic E-state index is 11.2. The lowest BCUT2D eigenvalue weighted by Crippen LogP contribution is -2.11. The Labute approximate surface area is 115 Å². The summed E-state index contributed by atoms with van der Waals surface area (Å²) in [5.41, 5.74) is 0.342. The summed E-state index contributed by atoms with van der Waals surface area (Å²) in [5, 5.41) is 22.1. The second kappa shape index (κ2) is 5.27. The lowest BCUT2D eigenvalue weighted by Gasteiger charge is -2.10. The normalized spacial score (nSPS) is 11.1. The topological polar surface area (TPSA) is 112 Å². The van der Waals surface area contributed by atoms with E-state index in [1.54, 1.807) is 18.5 Å². The molecule has 2 aromatic heterocycles. The Hall–Kier alpha value is -2.45. The Balaban J connectivity index is 2.31. The fraction of sp³-hybridized carbons (Fsp3) is 0.545. The quantitative estimate of drug-likeness (QED) is 0.658. The molecule has 0 saturated carbocycles. The Morgan fingerprint density at radius 1 is 1.45 bits per heavy atom. The first kappa shape index (κ1) is 14.0. The standard InChI is InChI=1S/C11H16N6O3/c1-6(2)16-11(10(17(18)19)7(3)14-16)12-5-9-13-8(4)20-15-9/h6,12H,5H2,1-4H3. The molecule has 2 rings (SSSR count). The number of aromatic nitrogens is 4. The number of aryl methyl sites for hydroxylation is 2. The van der Waals surface area contributed by atoms with Crippen molar-refractivity contribution >= 4 is 11.5 Å². The van der Waals surface area contributed by atoms with Gasteiger partial charge in [0.2, 0.25) is 11.7 Å². The van der Waals surface area contributed by atoms with Crippen molar-refractivity contribution in [2.75, 3.05) is 5.32 Å². The summed E-state index contributed by atoms with van der Waals surface area (Å²) < 4.78 is 6.44. The molecule has 0 aliphatic carbocycles. The smallest absolute Gasteiger partial charge is 0.333 e. The third kappa shape index (κ3) is 2.60. The fourth-order valence-electron chi connectivity index (χ4n) is 1.87. The average Bonchev–Trinajstić information content (AvgIpc) is 2.90. The van der Waals surface area contributed by atoms with Gasteiger partial charge in [-0.25, -0.2) is 4.68 Å². The van der Waals surface area contributed by atoms with Crippen LogP contribution in [0.3, 0.4) is 0 Å². The molecule has 0 fully saturated rings. The van der Waals surface area contributed by atoms with Crippen molar-refractivity contribution in [3.8, 4) is 0 Å². The molecule has 0 spiro atoms. The largest absolute Gasteiger partial charge is 0.357 e. The van der Waals surface area contributed by atoms with Gasteiger partial charge in [0.25, 0.3) is 0 Å². The maximum Gasteiger partial charge on any atom is 0.333 e. The van der Waals surface area contributed by atoms with Crippen LogP contribution in [0.5, 0.6) is 0 Å². The molecule has 0 bridgehead atoms. The third-order valence-corrected chi connectivity index (χ3v) is 2.71. The molecule has 0 radical (unpaired) electrons. The van der Waals surface area contributed by atoms with Crippen molar-refractivity contribution in [1.82, 2.24) is 19.9 Å². The molecule has 0 saturated heterocycles. The molecule has 0 atom stereocenters. The SMILES string of the molecule is Cc1nc(CNc2c([N+](=O)[O-])c(C)nn2C(C)C)no1. The summed E-state index contributed by atoms with van der Waals surface area (Å²) >= 11 is 0. The van der Waals surface area contributed by atoms with Crippen LogP contribution in [0, 0.1) is 24.0 Å². The summed E-state index contributed by atoms with van der Waals surface area (Å²) in [5.74, 6) is 1.24. The molecule has 9 heteroatoms. The highest BCUT2D eigenvalue weighted by molar-refractivity contribution is 5.59. The predicted octanol–water partition coefficient (Wildman–Crippen LogP) is 1.98. The van der Waals surface area contributed by atoms with Crippen LogP contribution in [0.25, 0.3) is 0 Å². The van der Waals surface area contributed by atoms with Crippen LogP contribution in [0.1, 0.15) is 37.3 Å². The van der Waals surface area contributed by atoms with Gasteiger partial charge in [0.15, 0.2) is 5.82 Å². The fourth-order valence-corrected chi connectivity index (χ4v) is 1.87. The summed E-state index contributed by atoms with van der Waals surface area (Å²) in [4.78, 5) is 14.8. The first-order valence-electron chi connectivity index (χ1n) is 6.16. The maximum absolute atomic E-state index is 11.2. The zero-order valence-electron chi connectivity index (χ0n) is 11.7. The minimum absolute atomic E-state index is 0.00287. The molecule has 1 N–H and O–H groups in total. The van der Waals surface area contributed by atoms with E-state index < -0.39 is 4.92 Å². The van der Waals surface area contributed by atoms with E-state index in [2.05, 4.69) is 20.6 Å². The van der Waals surface area contributed by atoms with E-state index in [-0.39, 0.29) is 18.3 Å². The molecule has 0 aromatic carbocycles. The summed E-state index contributed by atoms with van der Waals surface area (Å²) in [6.07, 6.45) is 0. The van der Waals surface area contributed by atoms with E-state index in [9.17, 15) is 10.1 Å². The van der Waals surface area contributed by atoms with Crippen LogP contribution in [0.2, 0.25) is 0 Å². The number of nitrogens with zero attached hydrogens (tertiary/aromatic N) is 5. The van der Waals surface area contributed by atoms with Crippen LogP contribution >= 0.6 is 0 Å². The van der Waals surface area contributed by atoms with E-state index >= 15 is 0 Å². The summed E-state index contributed by atoms with van der Waals surface area (Å²) in [7, 11) is 0. The van der Waals surface area contributed by atoms with Gasteiger partial charge in [0.05, 0.1) is 11.5 Å². The number of hydrogen-bond donors (Lipinski definition) is 1. The van der Waals surface area contributed by atoms with Crippen molar-refractivity contribution in [1.29, 1.82) is 0 Å². The van der Waals surface area contributed by atoms with Crippen molar-refractivity contribution in [3.05, 3.63) is 27.5 Å². The van der Waals surface area contributed by atoms with Crippen LogP contribution < -0.4 is 5.32 Å². The zero-order valence-corrected chi connectivity index (χ0v) is 11.7. The zero-order chi connectivity index (χ0) is 14.9. The Morgan fingerprint density at radius 2 is 2.15 bits per heavy atom. The van der Waals surface area contributed by atoms with Gasteiger partial charge in [-0.05, 0) is 20.8 Å². The van der Waals surface area contributed by atoms with Crippen LogP contribution in [0.15, 0.2) is 4.52 Å². The predicted molar refractivity (Wildman–Crippen MR) is 70.4 cm³/mol. The first-order chi connectivity index (χ1) is 9.40. The molecular formula is C11H16N6O3. The highest BCUT2D eigenvalue weighted by Crippen LogP contribution is 2.30. The monoisotopic (exact) mass is 280 g/mol. The molecule has 0 aliphatic rings. The van der Waals surface area contributed by atoms with Crippen LogP contribution in [-0.4, -0.2) is 24.8 Å². The average molecular weight is 280 g/mol. The van der Waals surface area contributed by atoms with Gasteiger partial charge in [0.1, 0.15) is 5.69 Å². The number of anilines is 1. The molecule has 108 valence electrons. The highest BCUT2D eigenvalue weighted by atomic mass is 16.6. The van der Waals surface area contributed by atoms with Crippen LogP contribution in [0.4, 0.5) is 11.5 Å². The summed E-state index contributed by atoms with van der Waals surface area (Å²) in [6, 6.07) is -0.00287. The van der Waals surface area contributed by atoms with Gasteiger partial charge in [0, 0.05) is 13.0 Å². The second-order valence-corrected chi connectivity index (χ2v) is 4.66. The molecule has 2 aromatic rings. The van der Waals surface area contributed by atoms with E-state index in [1.807, 2.05) is 13.8 Å². The molecular weight excluding hydrogens is 264 g/mol. The number of nitro groups is 1. The van der Waals surface area contributed by atoms with E-state index in [1.165, 1.54) is 0 Å². The van der Waals surface area contributed by atoms with E-state index in [0.717, 1.165) is 0 Å². The Kier molecular flexibility index (Phi) is 3.68. The van der Waals surface area contributed by atoms with Crippen LogP contribution in [-0.2, 0) is 6.54 Å². The minimum Gasteiger partial charge on any atom is -0.357 e. The lowest BCUT2D eigenvalue weighted by atomic mass is 10.3. The highest BCUT2D eigenvalue weighted by Gasteiger charge is 2.26. The number of nitrogens with one attached hydrogen (secondary N) is 1. The van der Waals surface area contributed by atoms with Gasteiger partial charge in [-0.1, -0.05) is 5.16 Å². The van der Waals surface area contributed by atoms with Gasteiger partial charge in [-0.2, -0.15) is 10.1 Å². The van der Waals surface area contributed by atoms with Gasteiger partial charge in [-0.3, -0.25) is 10.1 Å².